The summed E-state index contributed by atoms with van der Waals surface area (Å²) in [4.78, 5) is 25.5. The van der Waals surface area contributed by atoms with Crippen molar-refractivity contribution in [2.75, 3.05) is 51.8 Å². The molecule has 1 atom stereocenters. The summed E-state index contributed by atoms with van der Waals surface area (Å²) in [7, 11) is 3.21. The second-order valence-electron chi connectivity index (χ2n) is 10.4. The quantitative estimate of drug-likeness (QED) is 0.332. The van der Waals surface area contributed by atoms with E-state index in [2.05, 4.69) is 5.32 Å². The van der Waals surface area contributed by atoms with Gasteiger partial charge in [0.05, 0.1) is 22.8 Å². The molecule has 0 bridgehead atoms. The Balaban J connectivity index is 2.03. The molecule has 1 aliphatic heterocycles. The van der Waals surface area contributed by atoms with E-state index in [0.717, 1.165) is 0 Å². The Labute approximate surface area is 243 Å². The largest absolute Gasteiger partial charge is 0.491 e. The van der Waals surface area contributed by atoms with E-state index in [0.29, 0.717) is 71.6 Å². The lowest BCUT2D eigenvalue weighted by Gasteiger charge is -2.38. The molecule has 1 aromatic heterocycles. The van der Waals surface area contributed by atoms with Crippen molar-refractivity contribution in [2.24, 2.45) is 5.73 Å². The smallest absolute Gasteiger partial charge is 0.401 e. The summed E-state index contributed by atoms with van der Waals surface area (Å²) in [5, 5.41) is 13.2. The number of aromatic nitrogens is 2. The van der Waals surface area contributed by atoms with Crippen LogP contribution < -0.4 is 20.7 Å². The number of aliphatic hydroxyl groups is 1. The predicted octanol–water partition coefficient (Wildman–Crippen LogP) is 3.81. The van der Waals surface area contributed by atoms with E-state index in [1.807, 2.05) is 4.90 Å². The molecule has 9 nitrogen and oxygen atoms in total. The first-order chi connectivity index (χ1) is 19.2. The number of nitrogens with one attached hydrogen (secondary N) is 1. The number of carbonyl (C=O) groups is 1. The number of nitrogens with zero attached hydrogens (tertiary/aromatic N) is 4. The molecule has 41 heavy (non-hydrogen) atoms. The highest BCUT2D eigenvalue weighted by Gasteiger charge is 2.34. The second kappa shape index (κ2) is 13.8. The summed E-state index contributed by atoms with van der Waals surface area (Å²) in [5.74, 6) is 0.965. The lowest BCUT2D eigenvalue weighted by molar-refractivity contribution is -0.148. The van der Waals surface area contributed by atoms with E-state index >= 15 is 0 Å². The van der Waals surface area contributed by atoms with E-state index < -0.39 is 18.8 Å². The summed E-state index contributed by atoms with van der Waals surface area (Å²) >= 11 is 6.58. The van der Waals surface area contributed by atoms with Crippen molar-refractivity contribution in [1.82, 2.24) is 20.2 Å². The molecule has 0 amide bonds. The van der Waals surface area contributed by atoms with Crippen molar-refractivity contribution in [3.8, 4) is 17.1 Å². The molecule has 2 heterocycles. The first kappa shape index (κ1) is 32.6. The van der Waals surface area contributed by atoms with Gasteiger partial charge in [0.1, 0.15) is 24.3 Å². The fraction of sp³-hybridized carbons (Fsp3) is 0.536. The van der Waals surface area contributed by atoms with Crippen molar-refractivity contribution in [1.29, 1.82) is 0 Å². The first-order valence-corrected chi connectivity index (χ1v) is 13.7. The standard InChI is InChI=1S/C28H38ClF3N6O3/c1-16-25(24(17(2)33)18(3)39)35-26(22-12-21(6-7-23(22)29)41-14-20(40)13-34-4)36-27(16)38-10-8-19(9-11-38)37(5)15-28(30,31)32/h6-7,12,19-20,34,40H,8-11,13-15,33H2,1-5H3/t20-/m1/s1. The normalized spacial score (nSPS) is 16.1. The van der Waals surface area contributed by atoms with E-state index in [9.17, 15) is 23.1 Å². The summed E-state index contributed by atoms with van der Waals surface area (Å²) in [6.07, 6.45) is -3.98. The van der Waals surface area contributed by atoms with Crippen LogP contribution in [0.15, 0.2) is 23.9 Å². The Morgan fingerprint density at radius 3 is 2.51 bits per heavy atom. The van der Waals surface area contributed by atoms with Crippen LogP contribution in [0.1, 0.15) is 37.9 Å². The fourth-order valence-electron chi connectivity index (χ4n) is 4.99. The first-order valence-electron chi connectivity index (χ1n) is 13.3. The zero-order valence-corrected chi connectivity index (χ0v) is 24.7. The predicted molar refractivity (Wildman–Crippen MR) is 154 cm³/mol. The van der Waals surface area contributed by atoms with Gasteiger partial charge in [-0.2, -0.15) is 13.2 Å². The SMILES string of the molecule is CNC[C@@H](O)COc1ccc(Cl)c(-c2nc(C(C(C)=O)=C(C)N)c(C)c(N3CCC(N(C)CC(F)(F)F)CC3)n2)c1. The average Bonchev–Trinajstić information content (AvgIpc) is 2.88. The monoisotopic (exact) mass is 598 g/mol. The summed E-state index contributed by atoms with van der Waals surface area (Å²) in [5.41, 5.74) is 8.11. The number of ether oxygens (including phenoxy) is 1. The van der Waals surface area contributed by atoms with Gasteiger partial charge in [-0.25, -0.2) is 9.97 Å². The molecule has 0 spiro atoms. The number of ketones is 1. The Morgan fingerprint density at radius 2 is 1.95 bits per heavy atom. The zero-order chi connectivity index (χ0) is 30.5. The molecule has 0 radical (unpaired) electrons. The van der Waals surface area contributed by atoms with Gasteiger partial charge in [-0.3, -0.25) is 9.69 Å². The molecule has 1 saturated heterocycles. The van der Waals surface area contributed by atoms with E-state index in [1.54, 1.807) is 39.1 Å². The third-order valence-electron chi connectivity index (χ3n) is 6.98. The van der Waals surface area contributed by atoms with Gasteiger partial charge < -0.3 is 25.8 Å². The number of rotatable bonds is 11. The molecule has 1 fully saturated rings. The van der Waals surface area contributed by atoms with Gasteiger partial charge in [-0.1, -0.05) is 11.6 Å². The van der Waals surface area contributed by atoms with Gasteiger partial charge >= 0.3 is 6.18 Å². The number of carbonyl (C=O) groups excluding carboxylic acids is 1. The number of halogens is 4. The van der Waals surface area contributed by atoms with Crippen molar-refractivity contribution < 1.29 is 27.8 Å². The molecule has 1 aliphatic rings. The Bertz CT molecular complexity index is 1260. The number of anilines is 1. The summed E-state index contributed by atoms with van der Waals surface area (Å²) in [6, 6.07) is 4.74. The highest BCUT2D eigenvalue weighted by atomic mass is 35.5. The Morgan fingerprint density at radius 1 is 1.29 bits per heavy atom. The highest BCUT2D eigenvalue weighted by molar-refractivity contribution is 6.33. The van der Waals surface area contributed by atoms with Crippen LogP contribution in [0.2, 0.25) is 5.02 Å². The number of hydrogen-bond donors (Lipinski definition) is 3. The van der Waals surface area contributed by atoms with Crippen LogP contribution in [0.4, 0.5) is 19.0 Å². The number of nitrogens with two attached hydrogens (primary N) is 1. The van der Waals surface area contributed by atoms with Crippen LogP contribution in [-0.4, -0.2) is 91.0 Å². The van der Waals surface area contributed by atoms with Crippen LogP contribution in [-0.2, 0) is 4.79 Å². The molecule has 13 heteroatoms. The van der Waals surface area contributed by atoms with E-state index in [4.69, 9.17) is 32.0 Å². The van der Waals surface area contributed by atoms with Crippen molar-refractivity contribution in [3.63, 3.8) is 0 Å². The Hall–Kier alpha value is -2.93. The van der Waals surface area contributed by atoms with Gasteiger partial charge in [-0.15, -0.1) is 0 Å². The van der Waals surface area contributed by atoms with Gasteiger partial charge in [-0.05, 0) is 65.9 Å². The Kier molecular flexibility index (Phi) is 11.0. The lowest BCUT2D eigenvalue weighted by atomic mass is 9.99. The third kappa shape index (κ3) is 8.54. The van der Waals surface area contributed by atoms with Crippen LogP contribution in [0, 0.1) is 6.92 Å². The molecule has 0 aliphatic carbocycles. The number of likely N-dealkylation sites (N-methyl/N-ethyl adjacent to an activating group) is 1. The van der Waals surface area contributed by atoms with Crippen LogP contribution in [0.3, 0.4) is 0 Å². The van der Waals surface area contributed by atoms with Crippen LogP contribution in [0.5, 0.6) is 5.75 Å². The fourth-order valence-corrected chi connectivity index (χ4v) is 5.19. The molecular formula is C28H38ClF3N6O3. The number of Topliss-reactive ketones (excluding diaryl/α,β-unsaturated/α-hetero) is 1. The molecular weight excluding hydrogens is 561 g/mol. The van der Waals surface area contributed by atoms with Crippen molar-refractivity contribution in [2.45, 2.75) is 51.9 Å². The number of alkyl halides is 3. The van der Waals surface area contributed by atoms with E-state index in [-0.39, 0.29) is 29.8 Å². The molecule has 2 aromatic rings. The average molecular weight is 599 g/mol. The molecule has 0 saturated carbocycles. The van der Waals surface area contributed by atoms with Gasteiger partial charge in [0.15, 0.2) is 11.6 Å². The number of allylic oxidation sites excluding steroid dienone is 2. The zero-order valence-electron chi connectivity index (χ0n) is 24.0. The number of aliphatic hydroxyl groups excluding tert-OH is 1. The molecule has 3 rings (SSSR count). The van der Waals surface area contributed by atoms with Crippen molar-refractivity contribution >= 4 is 28.8 Å². The second-order valence-corrected chi connectivity index (χ2v) is 10.8. The highest BCUT2D eigenvalue weighted by Crippen LogP contribution is 2.35. The third-order valence-corrected chi connectivity index (χ3v) is 7.31. The lowest BCUT2D eigenvalue weighted by Crippen LogP contribution is -2.46. The van der Waals surface area contributed by atoms with Crippen LogP contribution >= 0.6 is 11.6 Å². The summed E-state index contributed by atoms with van der Waals surface area (Å²) < 4.78 is 44.6. The number of benzene rings is 1. The minimum absolute atomic E-state index is 0.0501. The molecule has 1 aromatic carbocycles. The van der Waals surface area contributed by atoms with E-state index in [1.165, 1.54) is 18.9 Å². The number of piperidine rings is 1. The maximum absolute atomic E-state index is 12.9. The molecule has 4 N–H and O–H groups in total. The molecule has 0 unspecified atom stereocenters. The minimum atomic E-state index is -4.27. The van der Waals surface area contributed by atoms with Gasteiger partial charge in [0.2, 0.25) is 0 Å². The van der Waals surface area contributed by atoms with Gasteiger partial charge in [0.25, 0.3) is 0 Å². The topological polar surface area (TPSA) is 117 Å². The van der Waals surface area contributed by atoms with Crippen molar-refractivity contribution in [3.05, 3.63) is 40.2 Å². The minimum Gasteiger partial charge on any atom is -0.491 e. The maximum atomic E-state index is 12.9. The maximum Gasteiger partial charge on any atom is 0.401 e. The van der Waals surface area contributed by atoms with Crippen LogP contribution in [0.25, 0.3) is 17.0 Å². The summed E-state index contributed by atoms with van der Waals surface area (Å²) in [6.45, 7) is 5.19. The number of hydrogen-bond acceptors (Lipinski definition) is 9. The van der Waals surface area contributed by atoms with Gasteiger partial charge in [0, 0.05) is 42.5 Å². The molecule has 226 valence electrons.